The SMILES string of the molecule is CC(C)(CO)[C@@H](O)C(=O)NCCC(O)CCO. The average molecular weight is 249 g/mol. The molecule has 17 heavy (non-hydrogen) atoms. The number of hydrogen-bond donors (Lipinski definition) is 5. The van der Waals surface area contributed by atoms with Crippen molar-refractivity contribution >= 4 is 5.91 Å². The van der Waals surface area contributed by atoms with Gasteiger partial charge in [-0.3, -0.25) is 4.79 Å². The second-order valence-corrected chi connectivity index (χ2v) is 4.80. The van der Waals surface area contributed by atoms with Gasteiger partial charge in [-0.1, -0.05) is 13.8 Å². The molecule has 102 valence electrons. The van der Waals surface area contributed by atoms with Crippen molar-refractivity contribution in [2.45, 2.75) is 38.9 Å². The summed E-state index contributed by atoms with van der Waals surface area (Å²) in [5, 5.41) is 38.9. The van der Waals surface area contributed by atoms with E-state index in [1.165, 1.54) is 0 Å². The van der Waals surface area contributed by atoms with Gasteiger partial charge in [0.2, 0.25) is 5.91 Å². The van der Waals surface area contributed by atoms with E-state index in [0.717, 1.165) is 0 Å². The molecule has 6 heteroatoms. The van der Waals surface area contributed by atoms with Crippen molar-refractivity contribution in [3.05, 3.63) is 0 Å². The minimum absolute atomic E-state index is 0.102. The number of rotatable bonds is 8. The lowest BCUT2D eigenvalue weighted by atomic mass is 9.87. The van der Waals surface area contributed by atoms with E-state index in [-0.39, 0.29) is 26.2 Å². The zero-order valence-corrected chi connectivity index (χ0v) is 10.4. The summed E-state index contributed by atoms with van der Waals surface area (Å²) in [7, 11) is 0. The van der Waals surface area contributed by atoms with Gasteiger partial charge < -0.3 is 25.7 Å². The fraction of sp³-hybridized carbons (Fsp3) is 0.909. The molecule has 0 aromatic carbocycles. The van der Waals surface area contributed by atoms with Gasteiger partial charge in [0.25, 0.3) is 0 Å². The van der Waals surface area contributed by atoms with Crippen LogP contribution in [0.4, 0.5) is 0 Å². The smallest absolute Gasteiger partial charge is 0.249 e. The van der Waals surface area contributed by atoms with Crippen molar-refractivity contribution in [3.8, 4) is 0 Å². The van der Waals surface area contributed by atoms with Crippen LogP contribution in [0.1, 0.15) is 26.7 Å². The van der Waals surface area contributed by atoms with E-state index >= 15 is 0 Å². The molecular weight excluding hydrogens is 226 g/mol. The first-order valence-corrected chi connectivity index (χ1v) is 5.70. The molecule has 0 fully saturated rings. The van der Waals surface area contributed by atoms with Gasteiger partial charge >= 0.3 is 0 Å². The molecule has 0 rings (SSSR count). The summed E-state index contributed by atoms with van der Waals surface area (Å²) in [4.78, 5) is 11.5. The normalized spacial score (nSPS) is 15.4. The van der Waals surface area contributed by atoms with Crippen LogP contribution in [0, 0.1) is 5.41 Å². The second-order valence-electron chi connectivity index (χ2n) is 4.80. The van der Waals surface area contributed by atoms with Crippen LogP contribution >= 0.6 is 0 Å². The third-order valence-corrected chi connectivity index (χ3v) is 2.64. The van der Waals surface area contributed by atoms with Crippen molar-refractivity contribution in [2.24, 2.45) is 5.41 Å². The minimum Gasteiger partial charge on any atom is -0.396 e. The zero-order chi connectivity index (χ0) is 13.5. The van der Waals surface area contributed by atoms with Gasteiger partial charge in [-0.05, 0) is 12.8 Å². The van der Waals surface area contributed by atoms with Crippen LogP contribution < -0.4 is 5.32 Å². The second kappa shape index (κ2) is 7.60. The largest absolute Gasteiger partial charge is 0.396 e. The molecule has 0 radical (unpaired) electrons. The quantitative estimate of drug-likeness (QED) is 0.364. The first kappa shape index (κ1) is 16.3. The molecule has 0 bridgehead atoms. The van der Waals surface area contributed by atoms with Crippen LogP contribution in [0.5, 0.6) is 0 Å². The van der Waals surface area contributed by atoms with Crippen LogP contribution in [0.15, 0.2) is 0 Å². The molecule has 1 unspecified atom stereocenters. The van der Waals surface area contributed by atoms with Crippen LogP contribution in [-0.4, -0.2) is 58.3 Å². The van der Waals surface area contributed by atoms with Crippen LogP contribution in [0.2, 0.25) is 0 Å². The van der Waals surface area contributed by atoms with Gasteiger partial charge in [-0.25, -0.2) is 0 Å². The Morgan fingerprint density at radius 1 is 1.24 bits per heavy atom. The highest BCUT2D eigenvalue weighted by molar-refractivity contribution is 5.81. The maximum absolute atomic E-state index is 11.5. The van der Waals surface area contributed by atoms with E-state index in [9.17, 15) is 15.0 Å². The van der Waals surface area contributed by atoms with Crippen molar-refractivity contribution in [1.29, 1.82) is 0 Å². The highest BCUT2D eigenvalue weighted by Crippen LogP contribution is 2.19. The molecule has 0 aliphatic heterocycles. The molecule has 0 aromatic rings. The Kier molecular flexibility index (Phi) is 7.29. The molecule has 0 aliphatic carbocycles. The first-order chi connectivity index (χ1) is 7.85. The topological polar surface area (TPSA) is 110 Å². The number of amides is 1. The van der Waals surface area contributed by atoms with Crippen LogP contribution in [-0.2, 0) is 4.79 Å². The molecule has 1 amide bonds. The van der Waals surface area contributed by atoms with Crippen LogP contribution in [0.25, 0.3) is 0 Å². The Labute approximate surface area is 101 Å². The van der Waals surface area contributed by atoms with Crippen molar-refractivity contribution < 1.29 is 25.2 Å². The standard InChI is InChI=1S/C11H23NO5/c1-11(2,7-14)9(16)10(17)12-5-3-8(15)4-6-13/h8-9,13-16H,3-7H2,1-2H3,(H,12,17)/t8?,9-/m0/s1. The maximum atomic E-state index is 11.5. The summed E-state index contributed by atoms with van der Waals surface area (Å²) in [6, 6.07) is 0. The van der Waals surface area contributed by atoms with E-state index < -0.39 is 23.5 Å². The molecule has 0 saturated carbocycles. The summed E-state index contributed by atoms with van der Waals surface area (Å²) in [6.45, 7) is 2.98. The van der Waals surface area contributed by atoms with Gasteiger partial charge in [-0.2, -0.15) is 0 Å². The fourth-order valence-corrected chi connectivity index (χ4v) is 1.19. The lowest BCUT2D eigenvalue weighted by Gasteiger charge is -2.27. The number of aliphatic hydroxyl groups is 4. The maximum Gasteiger partial charge on any atom is 0.249 e. The predicted octanol–water partition coefficient (Wildman–Crippen LogP) is -1.38. The Morgan fingerprint density at radius 2 is 1.82 bits per heavy atom. The third kappa shape index (κ3) is 5.97. The summed E-state index contributed by atoms with van der Waals surface area (Å²) < 4.78 is 0. The van der Waals surface area contributed by atoms with Gasteiger partial charge in [-0.15, -0.1) is 0 Å². The third-order valence-electron chi connectivity index (χ3n) is 2.64. The Bertz CT molecular complexity index is 232. The number of hydrogen-bond acceptors (Lipinski definition) is 5. The highest BCUT2D eigenvalue weighted by Gasteiger charge is 2.32. The molecular formula is C11H23NO5. The molecule has 0 aromatic heterocycles. The molecule has 2 atom stereocenters. The highest BCUT2D eigenvalue weighted by atomic mass is 16.3. The summed E-state index contributed by atoms with van der Waals surface area (Å²) in [6.07, 6.45) is -1.37. The summed E-state index contributed by atoms with van der Waals surface area (Å²) >= 11 is 0. The molecule has 0 aliphatic rings. The Hall–Kier alpha value is -0.690. The van der Waals surface area contributed by atoms with Crippen LogP contribution in [0.3, 0.4) is 0 Å². The number of nitrogens with one attached hydrogen (secondary N) is 1. The first-order valence-electron chi connectivity index (χ1n) is 5.70. The Morgan fingerprint density at radius 3 is 2.29 bits per heavy atom. The van der Waals surface area contributed by atoms with Gasteiger partial charge in [0.05, 0.1) is 12.7 Å². The molecule has 0 spiro atoms. The van der Waals surface area contributed by atoms with Crippen molar-refractivity contribution in [3.63, 3.8) is 0 Å². The minimum atomic E-state index is -1.29. The number of carbonyl (C=O) groups excluding carboxylic acids is 1. The van der Waals surface area contributed by atoms with E-state index in [4.69, 9.17) is 10.2 Å². The predicted molar refractivity (Wildman–Crippen MR) is 62.2 cm³/mol. The number of carbonyl (C=O) groups is 1. The molecule has 0 saturated heterocycles. The van der Waals surface area contributed by atoms with E-state index in [2.05, 4.69) is 5.32 Å². The zero-order valence-electron chi connectivity index (χ0n) is 10.4. The molecule has 6 nitrogen and oxygen atoms in total. The average Bonchev–Trinajstić information content (AvgIpc) is 2.28. The monoisotopic (exact) mass is 249 g/mol. The van der Waals surface area contributed by atoms with Gasteiger partial charge in [0.1, 0.15) is 6.10 Å². The Balaban J connectivity index is 3.94. The van der Waals surface area contributed by atoms with Gasteiger partial charge in [0.15, 0.2) is 0 Å². The van der Waals surface area contributed by atoms with Crippen molar-refractivity contribution in [2.75, 3.05) is 19.8 Å². The lowest BCUT2D eigenvalue weighted by molar-refractivity contribution is -0.137. The molecule has 0 heterocycles. The van der Waals surface area contributed by atoms with Crippen molar-refractivity contribution in [1.82, 2.24) is 5.32 Å². The van der Waals surface area contributed by atoms with Gasteiger partial charge in [0, 0.05) is 18.6 Å². The van der Waals surface area contributed by atoms with E-state index in [0.29, 0.717) is 6.42 Å². The van der Waals surface area contributed by atoms with E-state index in [1.54, 1.807) is 13.8 Å². The summed E-state index contributed by atoms with van der Waals surface area (Å²) in [5.41, 5.74) is -0.895. The molecule has 5 N–H and O–H groups in total. The summed E-state index contributed by atoms with van der Waals surface area (Å²) in [5.74, 6) is -0.569. The fourth-order valence-electron chi connectivity index (χ4n) is 1.19. The lowest BCUT2D eigenvalue weighted by Crippen LogP contribution is -2.46. The van der Waals surface area contributed by atoms with E-state index in [1.807, 2.05) is 0 Å². The number of aliphatic hydroxyl groups excluding tert-OH is 4.